The topological polar surface area (TPSA) is 49.9 Å². The molecule has 0 aliphatic carbocycles. The first-order chi connectivity index (χ1) is 16.0. The van der Waals surface area contributed by atoms with Crippen molar-refractivity contribution in [2.24, 2.45) is 0 Å². The largest absolute Gasteiger partial charge is 0.496 e. The van der Waals surface area contributed by atoms with E-state index in [0.717, 1.165) is 24.1 Å². The fourth-order valence-electron chi connectivity index (χ4n) is 4.69. The van der Waals surface area contributed by atoms with Gasteiger partial charge in [-0.2, -0.15) is 0 Å². The number of rotatable bonds is 4. The van der Waals surface area contributed by atoms with Crippen LogP contribution in [0.3, 0.4) is 0 Å². The van der Waals surface area contributed by atoms with Gasteiger partial charge >= 0.3 is 0 Å². The van der Waals surface area contributed by atoms with Crippen molar-refractivity contribution in [3.63, 3.8) is 0 Å². The fraction of sp³-hybridized carbons (Fsp3) is 0.185. The molecule has 33 heavy (non-hydrogen) atoms. The summed E-state index contributed by atoms with van der Waals surface area (Å²) < 4.78 is 5.57. The lowest BCUT2D eigenvalue weighted by molar-refractivity contribution is -0.120. The Labute approximate surface area is 197 Å². The monoisotopic (exact) mass is 458 g/mol. The minimum Gasteiger partial charge on any atom is -0.496 e. The Morgan fingerprint density at radius 2 is 1.61 bits per heavy atom. The summed E-state index contributed by atoms with van der Waals surface area (Å²) in [7, 11) is 1.56. The van der Waals surface area contributed by atoms with E-state index in [2.05, 4.69) is 6.07 Å². The van der Waals surface area contributed by atoms with Gasteiger partial charge in [-0.05, 0) is 55.2 Å². The van der Waals surface area contributed by atoms with Gasteiger partial charge in [-0.1, -0.05) is 54.1 Å². The Morgan fingerprint density at radius 3 is 2.42 bits per heavy atom. The predicted octanol–water partition coefficient (Wildman–Crippen LogP) is 5.39. The molecule has 3 aromatic rings. The number of ether oxygens (including phenoxy) is 1. The number of imide groups is 1. The molecule has 0 aromatic heterocycles. The van der Waals surface area contributed by atoms with E-state index < -0.39 is 0 Å². The number of para-hydroxylation sites is 2. The molecule has 0 bridgehead atoms. The third kappa shape index (κ3) is 3.40. The number of benzene rings is 3. The molecule has 6 heteroatoms. The molecule has 166 valence electrons. The molecule has 5 rings (SSSR count). The van der Waals surface area contributed by atoms with Gasteiger partial charge in [-0.15, -0.1) is 0 Å². The van der Waals surface area contributed by atoms with Gasteiger partial charge in [-0.3, -0.25) is 9.59 Å². The summed E-state index contributed by atoms with van der Waals surface area (Å²) in [5.74, 6) is -0.197. The zero-order valence-corrected chi connectivity index (χ0v) is 19.2. The molecular weight excluding hydrogens is 436 g/mol. The van der Waals surface area contributed by atoms with Crippen LogP contribution in [0.25, 0.3) is 5.57 Å². The Hall–Kier alpha value is -3.57. The number of hydrogen-bond acceptors (Lipinski definition) is 4. The van der Waals surface area contributed by atoms with Gasteiger partial charge in [0, 0.05) is 22.8 Å². The number of hydrogen-bond donors (Lipinski definition) is 0. The van der Waals surface area contributed by atoms with Gasteiger partial charge < -0.3 is 9.64 Å². The van der Waals surface area contributed by atoms with Crippen LogP contribution >= 0.6 is 11.6 Å². The van der Waals surface area contributed by atoms with Crippen molar-refractivity contribution in [1.82, 2.24) is 0 Å². The number of amides is 2. The number of nitrogens with zero attached hydrogens (tertiary/aromatic N) is 2. The van der Waals surface area contributed by atoms with E-state index >= 15 is 0 Å². The SMILES string of the molecule is COc1ccccc1C1=C(N2CCCc3ccccc32)C(=O)N(c2cccc(Cl)c2C)C1=O. The van der Waals surface area contributed by atoms with E-state index in [9.17, 15) is 9.59 Å². The zero-order valence-electron chi connectivity index (χ0n) is 18.5. The summed E-state index contributed by atoms with van der Waals surface area (Å²) in [6, 6.07) is 20.6. The molecule has 0 N–H and O–H groups in total. The Kier molecular flexibility index (Phi) is 5.43. The van der Waals surface area contributed by atoms with Crippen molar-refractivity contribution in [2.45, 2.75) is 19.8 Å². The number of carbonyl (C=O) groups excluding carboxylic acids is 2. The molecule has 0 radical (unpaired) electrons. The van der Waals surface area contributed by atoms with E-state index in [-0.39, 0.29) is 11.8 Å². The highest BCUT2D eigenvalue weighted by molar-refractivity contribution is 6.47. The van der Waals surface area contributed by atoms with Crippen molar-refractivity contribution in [3.05, 3.63) is 94.1 Å². The summed E-state index contributed by atoms with van der Waals surface area (Å²) in [6.07, 6.45) is 1.82. The smallest absolute Gasteiger partial charge is 0.282 e. The third-order valence-corrected chi connectivity index (χ3v) is 6.71. The minimum absolute atomic E-state index is 0.341. The minimum atomic E-state index is -0.382. The van der Waals surface area contributed by atoms with E-state index in [1.54, 1.807) is 31.4 Å². The second-order valence-corrected chi connectivity index (χ2v) is 8.54. The van der Waals surface area contributed by atoms with Gasteiger partial charge in [0.25, 0.3) is 11.8 Å². The van der Waals surface area contributed by atoms with Crippen LogP contribution in [-0.2, 0) is 16.0 Å². The molecule has 0 atom stereocenters. The highest BCUT2D eigenvalue weighted by atomic mass is 35.5. The number of halogens is 1. The molecule has 0 fully saturated rings. The van der Waals surface area contributed by atoms with E-state index in [1.165, 1.54) is 4.90 Å². The van der Waals surface area contributed by atoms with Crippen molar-refractivity contribution in [3.8, 4) is 5.75 Å². The first kappa shape index (κ1) is 21.3. The van der Waals surface area contributed by atoms with Crippen molar-refractivity contribution < 1.29 is 14.3 Å². The normalized spacial score (nSPS) is 15.8. The summed E-state index contributed by atoms with van der Waals surface area (Å²) >= 11 is 6.35. The highest BCUT2D eigenvalue weighted by Gasteiger charge is 2.44. The van der Waals surface area contributed by atoms with Gasteiger partial charge in [0.1, 0.15) is 11.4 Å². The molecule has 2 aliphatic rings. The standard InChI is InChI=1S/C27H23ClN2O3/c1-17-20(28)12-7-14-21(17)30-26(31)24(19-11-4-6-15-23(19)33-2)25(27(30)32)29-16-8-10-18-9-3-5-13-22(18)29/h3-7,9,11-15H,8,10,16H2,1-2H3. The molecule has 2 heterocycles. The van der Waals surface area contributed by atoms with Crippen LogP contribution in [0.15, 0.2) is 72.4 Å². The van der Waals surface area contributed by atoms with Crippen molar-refractivity contribution >= 4 is 40.4 Å². The van der Waals surface area contributed by atoms with E-state index in [4.69, 9.17) is 16.3 Å². The molecule has 0 saturated heterocycles. The lowest BCUT2D eigenvalue weighted by Gasteiger charge is -2.32. The van der Waals surface area contributed by atoms with Crippen LogP contribution in [0, 0.1) is 6.92 Å². The van der Waals surface area contributed by atoms with Crippen LogP contribution in [0.4, 0.5) is 11.4 Å². The molecule has 0 unspecified atom stereocenters. The summed E-state index contributed by atoms with van der Waals surface area (Å²) in [5, 5.41) is 0.503. The number of anilines is 2. The van der Waals surface area contributed by atoms with Crippen LogP contribution in [0.1, 0.15) is 23.1 Å². The quantitative estimate of drug-likeness (QED) is 0.491. The molecule has 0 saturated carbocycles. The molecule has 2 amide bonds. The summed E-state index contributed by atoms with van der Waals surface area (Å²) in [4.78, 5) is 31.2. The molecule has 3 aromatic carbocycles. The molecule has 5 nitrogen and oxygen atoms in total. The Morgan fingerprint density at radius 1 is 0.879 bits per heavy atom. The van der Waals surface area contributed by atoms with Crippen LogP contribution < -0.4 is 14.5 Å². The van der Waals surface area contributed by atoms with Gasteiger partial charge in [0.15, 0.2) is 0 Å². The number of carbonyl (C=O) groups is 2. The third-order valence-electron chi connectivity index (χ3n) is 6.30. The summed E-state index contributed by atoms with van der Waals surface area (Å²) in [6.45, 7) is 2.46. The fourth-order valence-corrected chi connectivity index (χ4v) is 4.86. The summed E-state index contributed by atoms with van der Waals surface area (Å²) in [5.41, 5.74) is 4.60. The second-order valence-electron chi connectivity index (χ2n) is 8.14. The average molecular weight is 459 g/mol. The predicted molar refractivity (Wildman–Crippen MR) is 131 cm³/mol. The van der Waals surface area contributed by atoms with Gasteiger partial charge in [0.2, 0.25) is 0 Å². The maximum absolute atomic E-state index is 14.0. The zero-order chi connectivity index (χ0) is 23.1. The van der Waals surface area contributed by atoms with Crippen molar-refractivity contribution in [1.29, 1.82) is 0 Å². The van der Waals surface area contributed by atoms with Crippen LogP contribution in [-0.4, -0.2) is 25.5 Å². The van der Waals surface area contributed by atoms with Crippen molar-refractivity contribution in [2.75, 3.05) is 23.5 Å². The highest BCUT2D eigenvalue weighted by Crippen LogP contribution is 2.42. The maximum Gasteiger partial charge on any atom is 0.282 e. The second kappa shape index (κ2) is 8.41. The van der Waals surface area contributed by atoms with Crippen LogP contribution in [0.2, 0.25) is 5.02 Å². The number of fused-ring (bicyclic) bond motifs is 1. The first-order valence-corrected chi connectivity index (χ1v) is 11.3. The molecule has 0 spiro atoms. The average Bonchev–Trinajstić information content (AvgIpc) is 3.10. The lowest BCUT2D eigenvalue weighted by atomic mass is 9.98. The maximum atomic E-state index is 14.0. The molecular formula is C27H23ClN2O3. The lowest BCUT2D eigenvalue weighted by Crippen LogP contribution is -2.37. The van der Waals surface area contributed by atoms with Crippen LogP contribution in [0.5, 0.6) is 5.75 Å². The van der Waals surface area contributed by atoms with Gasteiger partial charge in [0.05, 0.1) is 18.4 Å². The van der Waals surface area contributed by atoms with E-state index in [0.29, 0.717) is 45.4 Å². The first-order valence-electron chi connectivity index (χ1n) is 10.9. The van der Waals surface area contributed by atoms with E-state index in [1.807, 2.05) is 48.2 Å². The number of aryl methyl sites for hydroxylation is 1. The number of methoxy groups -OCH3 is 1. The Balaban J connectivity index is 1.75. The molecule has 2 aliphatic heterocycles. The van der Waals surface area contributed by atoms with Gasteiger partial charge in [-0.25, -0.2) is 4.90 Å². The Bertz CT molecular complexity index is 1310.